The van der Waals surface area contributed by atoms with Crippen LogP contribution < -0.4 is 10.1 Å². The van der Waals surface area contributed by atoms with E-state index in [0.717, 1.165) is 43.9 Å². The van der Waals surface area contributed by atoms with Crippen molar-refractivity contribution < 1.29 is 9.53 Å². The van der Waals surface area contributed by atoms with Gasteiger partial charge in [-0.3, -0.25) is 9.69 Å². The Morgan fingerprint density at radius 2 is 2.08 bits per heavy atom. The molecule has 1 N–H and O–H groups in total. The Kier molecular flexibility index (Phi) is 5.71. The third-order valence-corrected chi connectivity index (χ3v) is 4.87. The first-order valence-corrected chi connectivity index (χ1v) is 8.87. The smallest absolute Gasteiger partial charge is 0.228 e. The minimum absolute atomic E-state index is 0.0315. The molecule has 1 saturated heterocycles. The lowest BCUT2D eigenvalue weighted by Crippen LogP contribution is -2.40. The number of rotatable bonds is 5. The Hall–Kier alpha value is -2.33. The van der Waals surface area contributed by atoms with Crippen LogP contribution in [0.25, 0.3) is 0 Å². The van der Waals surface area contributed by atoms with Gasteiger partial charge in [0, 0.05) is 24.8 Å². The molecule has 132 valence electrons. The van der Waals surface area contributed by atoms with Crippen LogP contribution in [-0.4, -0.2) is 31.0 Å². The van der Waals surface area contributed by atoms with E-state index in [1.165, 1.54) is 11.1 Å². The number of amides is 1. The zero-order chi connectivity index (χ0) is 17.6. The molecule has 0 spiro atoms. The molecule has 1 aliphatic rings. The molecule has 4 nitrogen and oxygen atoms in total. The van der Waals surface area contributed by atoms with Crippen molar-refractivity contribution in [1.82, 2.24) is 4.90 Å². The lowest BCUT2D eigenvalue weighted by molar-refractivity contribution is -0.121. The lowest BCUT2D eigenvalue weighted by atomic mass is 9.96. The first-order chi connectivity index (χ1) is 12.2. The van der Waals surface area contributed by atoms with Crippen LogP contribution in [0.15, 0.2) is 48.5 Å². The monoisotopic (exact) mass is 338 g/mol. The van der Waals surface area contributed by atoms with Crippen molar-refractivity contribution in [3.05, 3.63) is 59.7 Å². The number of methoxy groups -OCH3 is 1. The van der Waals surface area contributed by atoms with Gasteiger partial charge >= 0.3 is 0 Å². The number of benzene rings is 2. The summed E-state index contributed by atoms with van der Waals surface area (Å²) >= 11 is 0. The quantitative estimate of drug-likeness (QED) is 0.900. The summed E-state index contributed by atoms with van der Waals surface area (Å²) < 4.78 is 5.22. The van der Waals surface area contributed by atoms with Crippen LogP contribution in [0, 0.1) is 12.8 Å². The van der Waals surface area contributed by atoms with Gasteiger partial charge in [-0.25, -0.2) is 0 Å². The Bertz CT molecular complexity index is 729. The fraction of sp³-hybridized carbons (Fsp3) is 0.381. The summed E-state index contributed by atoms with van der Waals surface area (Å²) in [7, 11) is 1.63. The van der Waals surface area contributed by atoms with Crippen LogP contribution in [-0.2, 0) is 11.3 Å². The Balaban J connectivity index is 1.60. The average molecular weight is 338 g/mol. The Labute approximate surface area is 149 Å². The van der Waals surface area contributed by atoms with Gasteiger partial charge in [0.1, 0.15) is 5.75 Å². The largest absolute Gasteiger partial charge is 0.497 e. The fourth-order valence-electron chi connectivity index (χ4n) is 3.39. The van der Waals surface area contributed by atoms with E-state index in [2.05, 4.69) is 41.4 Å². The molecule has 0 saturated carbocycles. The maximum absolute atomic E-state index is 12.7. The number of hydrogen-bond acceptors (Lipinski definition) is 3. The number of hydrogen-bond donors (Lipinski definition) is 1. The molecule has 1 amide bonds. The van der Waals surface area contributed by atoms with Crippen LogP contribution in [0.5, 0.6) is 5.75 Å². The fourth-order valence-corrected chi connectivity index (χ4v) is 3.39. The van der Waals surface area contributed by atoms with E-state index in [0.29, 0.717) is 0 Å². The van der Waals surface area contributed by atoms with E-state index in [1.54, 1.807) is 7.11 Å². The molecule has 4 heteroatoms. The highest BCUT2D eigenvalue weighted by molar-refractivity contribution is 5.92. The predicted molar refractivity (Wildman–Crippen MR) is 101 cm³/mol. The molecule has 1 aliphatic heterocycles. The Morgan fingerprint density at radius 1 is 1.24 bits per heavy atom. The SMILES string of the molecule is COc1cccc(NC(=O)C2CCCN(Cc3ccccc3C)C2)c1. The van der Waals surface area contributed by atoms with Gasteiger partial charge in [0.05, 0.1) is 13.0 Å². The van der Waals surface area contributed by atoms with E-state index < -0.39 is 0 Å². The molecule has 1 heterocycles. The van der Waals surface area contributed by atoms with E-state index in [-0.39, 0.29) is 11.8 Å². The highest BCUT2D eigenvalue weighted by Gasteiger charge is 2.26. The zero-order valence-corrected chi connectivity index (χ0v) is 15.0. The molecule has 1 unspecified atom stereocenters. The maximum Gasteiger partial charge on any atom is 0.228 e. The summed E-state index contributed by atoms with van der Waals surface area (Å²) in [5.41, 5.74) is 3.45. The third kappa shape index (κ3) is 4.60. The maximum atomic E-state index is 12.7. The molecule has 0 aliphatic carbocycles. The summed E-state index contributed by atoms with van der Waals surface area (Å²) in [6.07, 6.45) is 2.00. The van der Waals surface area contributed by atoms with Gasteiger partial charge in [-0.2, -0.15) is 0 Å². The number of likely N-dealkylation sites (tertiary alicyclic amines) is 1. The number of nitrogens with one attached hydrogen (secondary N) is 1. The van der Waals surface area contributed by atoms with E-state index in [4.69, 9.17) is 4.74 Å². The van der Waals surface area contributed by atoms with Crippen molar-refractivity contribution in [1.29, 1.82) is 0 Å². The van der Waals surface area contributed by atoms with Gasteiger partial charge < -0.3 is 10.1 Å². The molecular weight excluding hydrogens is 312 g/mol. The van der Waals surface area contributed by atoms with Gasteiger partial charge in [0.15, 0.2) is 0 Å². The molecule has 3 rings (SSSR count). The van der Waals surface area contributed by atoms with Gasteiger partial charge in [-0.05, 0) is 49.6 Å². The van der Waals surface area contributed by atoms with Gasteiger partial charge in [0.25, 0.3) is 0 Å². The summed E-state index contributed by atoms with van der Waals surface area (Å²) in [6, 6.07) is 16.0. The highest BCUT2D eigenvalue weighted by atomic mass is 16.5. The zero-order valence-electron chi connectivity index (χ0n) is 15.0. The van der Waals surface area contributed by atoms with Crippen LogP contribution in [0.3, 0.4) is 0 Å². The molecule has 1 atom stereocenters. The first-order valence-electron chi connectivity index (χ1n) is 8.87. The molecule has 0 bridgehead atoms. The number of carbonyl (C=O) groups excluding carboxylic acids is 1. The number of nitrogens with zero attached hydrogens (tertiary/aromatic N) is 1. The molecule has 2 aromatic carbocycles. The summed E-state index contributed by atoms with van der Waals surface area (Å²) in [4.78, 5) is 15.0. The van der Waals surface area contributed by atoms with Gasteiger partial charge in [-0.15, -0.1) is 0 Å². The molecule has 1 fully saturated rings. The number of ether oxygens (including phenoxy) is 1. The number of aryl methyl sites for hydroxylation is 1. The minimum atomic E-state index is 0.0315. The number of piperidine rings is 1. The number of anilines is 1. The van der Waals surface area contributed by atoms with Crippen molar-refractivity contribution in [2.75, 3.05) is 25.5 Å². The first kappa shape index (κ1) is 17.5. The second-order valence-electron chi connectivity index (χ2n) is 6.72. The standard InChI is InChI=1S/C21H26N2O2/c1-16-7-3-4-8-17(16)14-23-12-6-9-18(15-23)21(24)22-19-10-5-11-20(13-19)25-2/h3-5,7-8,10-11,13,18H,6,9,12,14-15H2,1-2H3,(H,22,24). The average Bonchev–Trinajstić information content (AvgIpc) is 2.64. The topological polar surface area (TPSA) is 41.6 Å². The van der Waals surface area contributed by atoms with Crippen LogP contribution in [0.1, 0.15) is 24.0 Å². The lowest BCUT2D eigenvalue weighted by Gasteiger charge is -2.32. The minimum Gasteiger partial charge on any atom is -0.497 e. The van der Waals surface area contributed by atoms with Crippen molar-refractivity contribution in [2.24, 2.45) is 5.92 Å². The molecule has 2 aromatic rings. The van der Waals surface area contributed by atoms with Crippen molar-refractivity contribution >= 4 is 11.6 Å². The summed E-state index contributed by atoms with van der Waals surface area (Å²) in [5.74, 6) is 0.884. The number of carbonyl (C=O) groups is 1. The van der Waals surface area contributed by atoms with Crippen LogP contribution in [0.2, 0.25) is 0 Å². The van der Waals surface area contributed by atoms with E-state index >= 15 is 0 Å². The second kappa shape index (κ2) is 8.17. The summed E-state index contributed by atoms with van der Waals surface area (Å²) in [5, 5.41) is 3.04. The normalized spacial score (nSPS) is 17.9. The van der Waals surface area contributed by atoms with Gasteiger partial charge in [-0.1, -0.05) is 30.3 Å². The van der Waals surface area contributed by atoms with E-state index in [9.17, 15) is 4.79 Å². The van der Waals surface area contributed by atoms with Gasteiger partial charge in [0.2, 0.25) is 5.91 Å². The summed E-state index contributed by atoms with van der Waals surface area (Å²) in [6.45, 7) is 4.92. The molecular formula is C21H26N2O2. The predicted octanol–water partition coefficient (Wildman–Crippen LogP) is 3.85. The Morgan fingerprint density at radius 3 is 2.88 bits per heavy atom. The molecule has 0 radical (unpaired) electrons. The molecule has 0 aromatic heterocycles. The van der Waals surface area contributed by atoms with E-state index in [1.807, 2.05) is 24.3 Å². The van der Waals surface area contributed by atoms with Crippen molar-refractivity contribution in [3.63, 3.8) is 0 Å². The van der Waals surface area contributed by atoms with Crippen LogP contribution in [0.4, 0.5) is 5.69 Å². The van der Waals surface area contributed by atoms with Crippen molar-refractivity contribution in [3.8, 4) is 5.75 Å². The third-order valence-electron chi connectivity index (χ3n) is 4.87. The molecule has 25 heavy (non-hydrogen) atoms. The second-order valence-corrected chi connectivity index (χ2v) is 6.72. The van der Waals surface area contributed by atoms with Crippen LogP contribution >= 0.6 is 0 Å². The van der Waals surface area contributed by atoms with Crippen molar-refractivity contribution in [2.45, 2.75) is 26.3 Å². The highest BCUT2D eigenvalue weighted by Crippen LogP contribution is 2.22.